The molecule has 3 rings (SSSR count). The van der Waals surface area contributed by atoms with E-state index in [0.29, 0.717) is 5.69 Å². The molecule has 0 aromatic heterocycles. The van der Waals surface area contributed by atoms with Crippen molar-refractivity contribution in [1.29, 1.82) is 0 Å². The van der Waals surface area contributed by atoms with Gasteiger partial charge in [-0.2, -0.15) is 0 Å². The molecule has 0 bridgehead atoms. The lowest BCUT2D eigenvalue weighted by Gasteiger charge is -2.10. The molecule has 0 unspecified atom stereocenters. The third-order valence-corrected chi connectivity index (χ3v) is 4.38. The van der Waals surface area contributed by atoms with Crippen molar-refractivity contribution in [3.63, 3.8) is 0 Å². The van der Waals surface area contributed by atoms with Gasteiger partial charge < -0.3 is 5.32 Å². The van der Waals surface area contributed by atoms with Gasteiger partial charge in [0.2, 0.25) is 0 Å². The van der Waals surface area contributed by atoms with Crippen LogP contribution in [0.3, 0.4) is 0 Å². The van der Waals surface area contributed by atoms with Crippen molar-refractivity contribution in [2.45, 2.75) is 19.8 Å². The number of azo groups is 1. The van der Waals surface area contributed by atoms with Crippen LogP contribution < -0.4 is 5.32 Å². The second-order valence-electron chi connectivity index (χ2n) is 6.35. The van der Waals surface area contributed by atoms with Crippen molar-refractivity contribution >= 4 is 39.2 Å². The summed E-state index contributed by atoms with van der Waals surface area (Å²) in [6.45, 7) is 2.98. The topological polar surface area (TPSA) is 123 Å². The molecule has 0 saturated carbocycles. The number of hydrogen-bond acceptors (Lipinski definition) is 7. The Balaban J connectivity index is 1.98. The second kappa shape index (κ2) is 8.87. The maximum atomic E-state index is 11.3. The van der Waals surface area contributed by atoms with Crippen LogP contribution in [0.2, 0.25) is 0 Å². The highest BCUT2D eigenvalue weighted by molar-refractivity contribution is 6.00. The van der Waals surface area contributed by atoms with E-state index in [4.69, 9.17) is 0 Å². The highest BCUT2D eigenvalue weighted by Gasteiger charge is 2.19. The summed E-state index contributed by atoms with van der Waals surface area (Å²) >= 11 is 0. The standard InChI is InChI=1S/C20H19N5O4/c1-2-3-12-21-17-10-11-18(16-7-5-4-6-15(16)17)22-23-19-9-8-14(24(26)27)13-20(19)25(28)29/h4-11,13,21H,2-3,12H2,1H3. The number of non-ortho nitro benzene ring substituents is 1. The summed E-state index contributed by atoms with van der Waals surface area (Å²) < 4.78 is 0. The Labute approximate surface area is 166 Å². The Morgan fingerprint density at radius 1 is 0.897 bits per heavy atom. The first-order chi connectivity index (χ1) is 14.0. The van der Waals surface area contributed by atoms with Crippen molar-refractivity contribution in [3.05, 3.63) is 74.8 Å². The van der Waals surface area contributed by atoms with Gasteiger partial charge in [0.05, 0.1) is 21.6 Å². The van der Waals surface area contributed by atoms with Crippen LogP contribution >= 0.6 is 0 Å². The second-order valence-corrected chi connectivity index (χ2v) is 6.35. The molecular weight excluding hydrogens is 374 g/mol. The zero-order chi connectivity index (χ0) is 20.8. The van der Waals surface area contributed by atoms with Gasteiger partial charge in [-0.25, -0.2) is 0 Å². The lowest BCUT2D eigenvalue weighted by Crippen LogP contribution is -2.01. The zero-order valence-corrected chi connectivity index (χ0v) is 15.7. The molecule has 9 nitrogen and oxygen atoms in total. The molecule has 0 aliphatic heterocycles. The Morgan fingerprint density at radius 3 is 2.28 bits per heavy atom. The summed E-state index contributed by atoms with van der Waals surface area (Å²) in [6.07, 6.45) is 2.14. The van der Waals surface area contributed by atoms with E-state index in [1.807, 2.05) is 30.3 Å². The molecule has 0 heterocycles. The van der Waals surface area contributed by atoms with E-state index in [9.17, 15) is 20.2 Å². The first-order valence-electron chi connectivity index (χ1n) is 9.11. The van der Waals surface area contributed by atoms with E-state index >= 15 is 0 Å². The number of rotatable bonds is 8. The first-order valence-corrected chi connectivity index (χ1v) is 9.11. The van der Waals surface area contributed by atoms with Crippen molar-refractivity contribution in [2.75, 3.05) is 11.9 Å². The molecule has 29 heavy (non-hydrogen) atoms. The van der Waals surface area contributed by atoms with Crippen LogP contribution in [0.1, 0.15) is 19.8 Å². The lowest BCUT2D eigenvalue weighted by molar-refractivity contribution is -0.393. The van der Waals surface area contributed by atoms with Crippen LogP contribution in [-0.4, -0.2) is 16.4 Å². The van der Waals surface area contributed by atoms with Crippen LogP contribution in [0.5, 0.6) is 0 Å². The van der Waals surface area contributed by atoms with Gasteiger partial charge in [0.25, 0.3) is 5.69 Å². The maximum absolute atomic E-state index is 11.3. The number of nitro groups is 2. The Hall–Kier alpha value is -3.88. The molecule has 1 N–H and O–H groups in total. The van der Waals surface area contributed by atoms with Crippen LogP contribution in [0.4, 0.5) is 28.4 Å². The third kappa shape index (κ3) is 4.52. The summed E-state index contributed by atoms with van der Waals surface area (Å²) in [4.78, 5) is 20.7. The van der Waals surface area contributed by atoms with Gasteiger partial charge in [-0.15, -0.1) is 10.2 Å². The molecule has 0 atom stereocenters. The van der Waals surface area contributed by atoms with Crippen LogP contribution in [0.25, 0.3) is 10.8 Å². The maximum Gasteiger partial charge on any atom is 0.303 e. The number of nitrogens with one attached hydrogen (secondary N) is 1. The summed E-state index contributed by atoms with van der Waals surface area (Å²) in [5.41, 5.74) is 0.646. The zero-order valence-electron chi connectivity index (χ0n) is 15.7. The first kappa shape index (κ1) is 19.9. The molecule has 148 valence electrons. The normalized spacial score (nSPS) is 11.1. The van der Waals surface area contributed by atoms with Crippen molar-refractivity contribution in [1.82, 2.24) is 0 Å². The molecule has 0 radical (unpaired) electrons. The van der Waals surface area contributed by atoms with Gasteiger partial charge in [0, 0.05) is 29.1 Å². The molecule has 3 aromatic rings. The summed E-state index contributed by atoms with van der Waals surface area (Å²) in [5.74, 6) is 0. The number of hydrogen-bond donors (Lipinski definition) is 1. The van der Waals surface area contributed by atoms with Crippen LogP contribution in [-0.2, 0) is 0 Å². The monoisotopic (exact) mass is 393 g/mol. The highest BCUT2D eigenvalue weighted by atomic mass is 16.6. The van der Waals surface area contributed by atoms with Crippen molar-refractivity contribution < 1.29 is 9.85 Å². The molecule has 0 aliphatic rings. The van der Waals surface area contributed by atoms with Gasteiger partial charge in [-0.1, -0.05) is 37.6 Å². The smallest absolute Gasteiger partial charge is 0.303 e. The van der Waals surface area contributed by atoms with Gasteiger partial charge in [-0.05, 0) is 24.6 Å². The number of fused-ring (bicyclic) bond motifs is 1. The van der Waals surface area contributed by atoms with E-state index in [1.165, 1.54) is 12.1 Å². The Kier molecular flexibility index (Phi) is 6.08. The molecule has 0 saturated heterocycles. The highest BCUT2D eigenvalue weighted by Crippen LogP contribution is 2.35. The molecule has 0 spiro atoms. The summed E-state index contributed by atoms with van der Waals surface area (Å²) in [5, 5.41) is 35.5. The fraction of sp³-hybridized carbons (Fsp3) is 0.200. The van der Waals surface area contributed by atoms with E-state index in [0.717, 1.165) is 41.9 Å². The van der Waals surface area contributed by atoms with Gasteiger partial charge in [-0.3, -0.25) is 20.2 Å². The minimum absolute atomic E-state index is 0.0465. The number of anilines is 1. The van der Waals surface area contributed by atoms with Gasteiger partial charge >= 0.3 is 5.69 Å². The largest absolute Gasteiger partial charge is 0.385 e. The van der Waals surface area contributed by atoms with E-state index < -0.39 is 15.5 Å². The van der Waals surface area contributed by atoms with Crippen LogP contribution in [0, 0.1) is 20.2 Å². The fourth-order valence-electron chi connectivity index (χ4n) is 2.89. The summed E-state index contributed by atoms with van der Waals surface area (Å²) in [7, 11) is 0. The van der Waals surface area contributed by atoms with E-state index in [-0.39, 0.29) is 11.4 Å². The summed E-state index contributed by atoms with van der Waals surface area (Å²) in [6, 6.07) is 14.6. The molecule has 9 heteroatoms. The number of benzene rings is 3. The number of nitrogens with zero attached hydrogens (tertiary/aromatic N) is 4. The van der Waals surface area contributed by atoms with Gasteiger partial charge in [0.1, 0.15) is 0 Å². The minimum Gasteiger partial charge on any atom is -0.385 e. The van der Waals surface area contributed by atoms with Gasteiger partial charge in [0.15, 0.2) is 5.69 Å². The average molecular weight is 393 g/mol. The molecule has 0 aliphatic carbocycles. The van der Waals surface area contributed by atoms with Crippen molar-refractivity contribution in [2.24, 2.45) is 10.2 Å². The predicted molar refractivity (Wildman–Crippen MR) is 111 cm³/mol. The average Bonchev–Trinajstić information content (AvgIpc) is 2.72. The molecule has 3 aromatic carbocycles. The molecule has 0 amide bonds. The number of nitro benzene ring substituents is 2. The SMILES string of the molecule is CCCCNc1ccc(N=Nc2ccc([N+](=O)[O-])cc2[N+](=O)[O-])c2ccccc12. The number of unbranched alkanes of at least 4 members (excludes halogenated alkanes) is 1. The van der Waals surface area contributed by atoms with Crippen molar-refractivity contribution in [3.8, 4) is 0 Å². The minimum atomic E-state index is -0.708. The molecule has 0 fully saturated rings. The van der Waals surface area contributed by atoms with E-state index in [1.54, 1.807) is 6.07 Å². The van der Waals surface area contributed by atoms with Crippen LogP contribution in [0.15, 0.2) is 64.8 Å². The quantitative estimate of drug-likeness (QED) is 0.209. The fourth-order valence-corrected chi connectivity index (χ4v) is 2.89. The third-order valence-electron chi connectivity index (χ3n) is 4.38. The Bertz CT molecular complexity index is 1100. The lowest BCUT2D eigenvalue weighted by atomic mass is 10.1. The predicted octanol–water partition coefficient (Wildman–Crippen LogP) is 6.28. The Morgan fingerprint density at radius 2 is 1.59 bits per heavy atom. The molecular formula is C20H19N5O4. The van der Waals surface area contributed by atoms with E-state index in [2.05, 4.69) is 22.5 Å².